The van der Waals surface area contributed by atoms with Gasteiger partial charge >= 0.3 is 5.97 Å². The fourth-order valence-electron chi connectivity index (χ4n) is 2.23. The van der Waals surface area contributed by atoms with Gasteiger partial charge in [-0.15, -0.1) is 0 Å². The molecule has 1 atom stereocenters. The Labute approximate surface area is 129 Å². The van der Waals surface area contributed by atoms with E-state index in [2.05, 4.69) is 4.72 Å². The van der Waals surface area contributed by atoms with Crippen LogP contribution in [0.15, 0.2) is 23.1 Å². The zero-order chi connectivity index (χ0) is 16.5. The number of pyridine rings is 1. The van der Waals surface area contributed by atoms with Crippen LogP contribution in [0, 0.1) is 5.92 Å². The van der Waals surface area contributed by atoms with Gasteiger partial charge in [0.1, 0.15) is 11.7 Å². The fraction of sp³-hybridized carbons (Fsp3) is 0.571. The summed E-state index contributed by atoms with van der Waals surface area (Å²) in [6.45, 7) is 3.72. The third-order valence-corrected chi connectivity index (χ3v) is 5.36. The molecule has 1 aliphatic carbocycles. The average molecular weight is 328 g/mol. The van der Waals surface area contributed by atoms with Crippen LogP contribution >= 0.6 is 0 Å². The number of aromatic nitrogens is 1. The summed E-state index contributed by atoms with van der Waals surface area (Å²) in [6, 6.07) is 1.81. The van der Waals surface area contributed by atoms with E-state index in [9.17, 15) is 23.1 Å². The van der Waals surface area contributed by atoms with Crippen molar-refractivity contribution in [1.82, 2.24) is 4.57 Å². The number of hydrogen-bond donors (Lipinski definition) is 2. The highest BCUT2D eigenvalue weighted by Gasteiger charge is 2.36. The molecule has 1 aromatic heterocycles. The second kappa shape index (κ2) is 6.12. The molecule has 0 aliphatic heterocycles. The van der Waals surface area contributed by atoms with Gasteiger partial charge in [0.25, 0.3) is 5.56 Å². The molecule has 1 aromatic rings. The quantitative estimate of drug-likeness (QED) is 0.787. The van der Waals surface area contributed by atoms with E-state index in [1.165, 1.54) is 18.3 Å². The molecular weight excluding hydrogens is 308 g/mol. The van der Waals surface area contributed by atoms with Gasteiger partial charge in [-0.25, -0.2) is 13.2 Å². The number of nitrogens with zero attached hydrogens (tertiary/aromatic N) is 1. The second-order valence-corrected chi connectivity index (χ2v) is 7.93. The SMILES string of the molecule is CC(C)CC(C(=O)O)n1cccc(NS(=O)(=O)C2CC2)c1=O. The average Bonchev–Trinajstić information content (AvgIpc) is 3.23. The van der Waals surface area contributed by atoms with Crippen molar-refractivity contribution in [1.29, 1.82) is 0 Å². The standard InChI is InChI=1S/C14H20N2O5S/c1-9(2)8-12(14(18)19)16-7-3-4-11(13(16)17)15-22(20,21)10-5-6-10/h3-4,7,9-10,12,15H,5-6,8H2,1-2H3,(H,18,19). The number of sulfonamides is 1. The first kappa shape index (κ1) is 16.5. The molecular formula is C14H20N2O5S. The lowest BCUT2D eigenvalue weighted by Gasteiger charge is -2.18. The Balaban J connectivity index is 2.36. The highest BCUT2D eigenvalue weighted by Crippen LogP contribution is 2.29. The van der Waals surface area contributed by atoms with Crippen LogP contribution in [0.2, 0.25) is 0 Å². The van der Waals surface area contributed by atoms with Crippen LogP contribution in [-0.4, -0.2) is 29.3 Å². The molecule has 1 fully saturated rings. The van der Waals surface area contributed by atoms with Crippen molar-refractivity contribution in [2.45, 2.75) is 44.4 Å². The van der Waals surface area contributed by atoms with Crippen molar-refractivity contribution < 1.29 is 18.3 Å². The van der Waals surface area contributed by atoms with Crippen molar-refractivity contribution >= 4 is 21.7 Å². The lowest BCUT2D eigenvalue weighted by atomic mass is 10.0. The first-order chi connectivity index (χ1) is 10.2. The molecule has 8 heteroatoms. The van der Waals surface area contributed by atoms with Crippen molar-refractivity contribution in [3.63, 3.8) is 0 Å². The molecule has 2 rings (SSSR count). The normalized spacial score (nSPS) is 16.5. The van der Waals surface area contributed by atoms with Crippen molar-refractivity contribution in [2.75, 3.05) is 4.72 Å². The van der Waals surface area contributed by atoms with E-state index in [1.807, 2.05) is 13.8 Å². The zero-order valence-electron chi connectivity index (χ0n) is 12.5. The van der Waals surface area contributed by atoms with E-state index in [-0.39, 0.29) is 18.0 Å². The van der Waals surface area contributed by atoms with Gasteiger partial charge in [-0.05, 0) is 37.3 Å². The predicted molar refractivity (Wildman–Crippen MR) is 82.4 cm³/mol. The van der Waals surface area contributed by atoms with Crippen LogP contribution in [-0.2, 0) is 14.8 Å². The molecule has 1 saturated carbocycles. The summed E-state index contributed by atoms with van der Waals surface area (Å²) in [4.78, 5) is 23.8. The molecule has 22 heavy (non-hydrogen) atoms. The van der Waals surface area contributed by atoms with E-state index < -0.39 is 32.8 Å². The molecule has 122 valence electrons. The van der Waals surface area contributed by atoms with Crippen LogP contribution < -0.4 is 10.3 Å². The fourth-order valence-corrected chi connectivity index (χ4v) is 3.61. The highest BCUT2D eigenvalue weighted by atomic mass is 32.2. The Bertz CT molecular complexity index is 719. The Morgan fingerprint density at radius 1 is 1.45 bits per heavy atom. The molecule has 1 unspecified atom stereocenters. The zero-order valence-corrected chi connectivity index (χ0v) is 13.3. The third-order valence-electron chi connectivity index (χ3n) is 3.51. The second-order valence-electron chi connectivity index (χ2n) is 5.96. The molecule has 0 amide bonds. The van der Waals surface area contributed by atoms with Crippen LogP contribution in [0.1, 0.15) is 39.2 Å². The molecule has 0 spiro atoms. The minimum atomic E-state index is -3.56. The summed E-state index contributed by atoms with van der Waals surface area (Å²) in [5.74, 6) is -1.03. The highest BCUT2D eigenvalue weighted by molar-refractivity contribution is 7.93. The molecule has 7 nitrogen and oxygen atoms in total. The number of rotatable bonds is 7. The van der Waals surface area contributed by atoms with Crippen LogP contribution in [0.5, 0.6) is 0 Å². The third kappa shape index (κ3) is 3.68. The van der Waals surface area contributed by atoms with Gasteiger partial charge in [-0.1, -0.05) is 13.8 Å². The Kier molecular flexibility index (Phi) is 4.60. The minimum absolute atomic E-state index is 0.0832. The van der Waals surface area contributed by atoms with Gasteiger partial charge in [-0.2, -0.15) is 0 Å². The van der Waals surface area contributed by atoms with E-state index in [4.69, 9.17) is 0 Å². The Hall–Kier alpha value is -1.83. The summed E-state index contributed by atoms with van der Waals surface area (Å²) >= 11 is 0. The topological polar surface area (TPSA) is 105 Å². The number of aliphatic carboxylic acids is 1. The van der Waals surface area contributed by atoms with Gasteiger partial charge in [0.05, 0.1) is 5.25 Å². The van der Waals surface area contributed by atoms with Crippen molar-refractivity contribution in [3.05, 3.63) is 28.7 Å². The molecule has 1 heterocycles. The largest absolute Gasteiger partial charge is 0.480 e. The molecule has 0 aromatic carbocycles. The molecule has 1 aliphatic rings. The molecule has 2 N–H and O–H groups in total. The van der Waals surface area contributed by atoms with E-state index in [0.29, 0.717) is 12.8 Å². The molecule has 0 saturated heterocycles. The number of anilines is 1. The van der Waals surface area contributed by atoms with E-state index in [1.54, 1.807) is 0 Å². The lowest BCUT2D eigenvalue weighted by Crippen LogP contribution is -2.33. The lowest BCUT2D eigenvalue weighted by molar-refractivity contribution is -0.141. The van der Waals surface area contributed by atoms with E-state index in [0.717, 1.165) is 4.57 Å². The predicted octanol–water partition coefficient (Wildman–Crippen LogP) is 1.42. The number of carbonyl (C=O) groups is 1. The number of carboxylic acid groups (broad SMARTS) is 1. The maximum atomic E-state index is 12.4. The summed E-state index contributed by atoms with van der Waals surface area (Å²) in [5, 5.41) is 8.87. The van der Waals surface area contributed by atoms with Crippen molar-refractivity contribution in [2.24, 2.45) is 5.92 Å². The molecule has 0 bridgehead atoms. The van der Waals surface area contributed by atoms with Gasteiger partial charge < -0.3 is 5.11 Å². The monoisotopic (exact) mass is 328 g/mol. The summed E-state index contributed by atoms with van der Waals surface area (Å²) in [5.41, 5.74) is -0.746. The van der Waals surface area contributed by atoms with Gasteiger partial charge in [0.2, 0.25) is 10.0 Å². The van der Waals surface area contributed by atoms with Crippen molar-refractivity contribution in [3.8, 4) is 0 Å². The van der Waals surface area contributed by atoms with Gasteiger partial charge in [-0.3, -0.25) is 14.1 Å². The Morgan fingerprint density at radius 3 is 2.59 bits per heavy atom. The first-order valence-electron chi connectivity index (χ1n) is 7.18. The van der Waals surface area contributed by atoms with Crippen LogP contribution in [0.4, 0.5) is 5.69 Å². The number of nitrogens with one attached hydrogen (secondary N) is 1. The maximum absolute atomic E-state index is 12.4. The minimum Gasteiger partial charge on any atom is -0.480 e. The van der Waals surface area contributed by atoms with Gasteiger partial charge in [0, 0.05) is 6.20 Å². The van der Waals surface area contributed by atoms with Crippen LogP contribution in [0.3, 0.4) is 0 Å². The van der Waals surface area contributed by atoms with E-state index >= 15 is 0 Å². The smallest absolute Gasteiger partial charge is 0.326 e. The van der Waals surface area contributed by atoms with Crippen LogP contribution in [0.25, 0.3) is 0 Å². The first-order valence-corrected chi connectivity index (χ1v) is 8.72. The summed E-state index contributed by atoms with van der Waals surface area (Å²) in [7, 11) is -3.56. The number of carboxylic acids is 1. The summed E-state index contributed by atoms with van der Waals surface area (Å²) < 4.78 is 27.2. The Morgan fingerprint density at radius 2 is 2.09 bits per heavy atom. The van der Waals surface area contributed by atoms with Gasteiger partial charge in [0.15, 0.2) is 0 Å². The number of hydrogen-bond acceptors (Lipinski definition) is 4. The molecule has 0 radical (unpaired) electrons. The summed E-state index contributed by atoms with van der Waals surface area (Å²) in [6.07, 6.45) is 2.83. The maximum Gasteiger partial charge on any atom is 0.326 e.